The second kappa shape index (κ2) is 65.4. The molecule has 0 spiro atoms. The number of carbonyl (C=O) groups is 3. The average molecular weight is 1080 g/mol. The van der Waals surface area contributed by atoms with Crippen LogP contribution < -0.4 is 0 Å². The molecule has 1 unspecified atom stereocenters. The Balaban J connectivity index is 4.36. The van der Waals surface area contributed by atoms with Crippen molar-refractivity contribution in [3.8, 4) is 0 Å². The van der Waals surface area contributed by atoms with Gasteiger partial charge in [0.25, 0.3) is 0 Å². The van der Waals surface area contributed by atoms with Crippen molar-refractivity contribution in [1.29, 1.82) is 0 Å². The highest BCUT2D eigenvalue weighted by Crippen LogP contribution is 2.18. The molecular weight excluding hydrogens is 949 g/mol. The van der Waals surface area contributed by atoms with E-state index in [1.807, 2.05) is 0 Å². The Morgan fingerprint density at radius 3 is 0.857 bits per heavy atom. The summed E-state index contributed by atoms with van der Waals surface area (Å²) in [5, 5.41) is 0. The van der Waals surface area contributed by atoms with Crippen molar-refractivity contribution < 1.29 is 28.6 Å². The number of rotatable bonds is 61. The summed E-state index contributed by atoms with van der Waals surface area (Å²) in [6, 6.07) is 0. The van der Waals surface area contributed by atoms with E-state index in [4.69, 9.17) is 14.2 Å². The summed E-state index contributed by atoms with van der Waals surface area (Å²) in [6.07, 6.45) is 85.0. The number of allylic oxidation sites excluding steroid dienone is 12. The lowest BCUT2D eigenvalue weighted by Gasteiger charge is -2.18. The molecule has 0 amide bonds. The van der Waals surface area contributed by atoms with Crippen LogP contribution in [0.15, 0.2) is 72.9 Å². The summed E-state index contributed by atoms with van der Waals surface area (Å²) in [4.78, 5) is 38.3. The van der Waals surface area contributed by atoms with Crippen LogP contribution in [0.1, 0.15) is 342 Å². The van der Waals surface area contributed by atoms with E-state index in [0.29, 0.717) is 19.3 Å². The number of hydrogen-bond acceptors (Lipinski definition) is 6. The zero-order chi connectivity index (χ0) is 55.7. The van der Waals surface area contributed by atoms with Crippen LogP contribution >= 0.6 is 0 Å². The quantitative estimate of drug-likeness (QED) is 0.0261. The molecule has 77 heavy (non-hydrogen) atoms. The van der Waals surface area contributed by atoms with Crippen LogP contribution in [0.5, 0.6) is 0 Å². The number of carbonyl (C=O) groups excluding carboxylic acids is 3. The summed E-state index contributed by atoms with van der Waals surface area (Å²) in [7, 11) is 0. The highest BCUT2D eigenvalue weighted by Gasteiger charge is 2.19. The third-order valence-corrected chi connectivity index (χ3v) is 14.7. The Morgan fingerprint density at radius 1 is 0.273 bits per heavy atom. The second-order valence-electron chi connectivity index (χ2n) is 22.4. The van der Waals surface area contributed by atoms with Crippen molar-refractivity contribution in [3.05, 3.63) is 72.9 Å². The molecule has 0 N–H and O–H groups in total. The fourth-order valence-corrected chi connectivity index (χ4v) is 9.71. The summed E-state index contributed by atoms with van der Waals surface area (Å²) < 4.78 is 16.9. The van der Waals surface area contributed by atoms with Gasteiger partial charge in [-0.05, 0) is 83.5 Å². The first-order valence-corrected chi connectivity index (χ1v) is 33.4. The first kappa shape index (κ1) is 73.8. The first-order valence-electron chi connectivity index (χ1n) is 33.4. The van der Waals surface area contributed by atoms with Crippen molar-refractivity contribution >= 4 is 17.9 Å². The molecule has 0 aliphatic rings. The Kier molecular flexibility index (Phi) is 62.7. The molecule has 0 aromatic heterocycles. The lowest BCUT2D eigenvalue weighted by atomic mass is 10.0. The SMILES string of the molecule is CC/C=C\C/C=C\C/C=C\C/C=C\C/C=C\CCCC(=O)OCC(COC(=O)CCCCCCCCCCCCCCCCCCCCCCCCCC)OC(=O)CCCCCCCCC/C=C\CCCCCCCCC. The summed E-state index contributed by atoms with van der Waals surface area (Å²) in [6.45, 7) is 6.52. The molecule has 0 saturated heterocycles. The van der Waals surface area contributed by atoms with Crippen LogP contribution in [-0.2, 0) is 28.6 Å². The average Bonchev–Trinajstić information content (AvgIpc) is 3.43. The van der Waals surface area contributed by atoms with E-state index in [0.717, 1.165) is 77.0 Å². The van der Waals surface area contributed by atoms with Crippen LogP contribution in [-0.4, -0.2) is 37.2 Å². The standard InChI is InChI=1S/C71H126O6/c1-4-7-10-13-16-19-22-25-28-31-33-34-35-36-37-38-41-43-46-49-52-55-58-61-64-70(73)76-67-68(66-75-69(72)63-60-57-54-51-48-45-42-39-30-27-24-21-18-15-12-9-6-3)77-71(74)65-62-59-56-53-50-47-44-40-32-29-26-23-20-17-14-11-8-5-2/h9,12,18,21,27,29-30,32,42,45,51,54,68H,4-8,10-11,13-17,19-20,22-26,28,31,33-41,43-44,46-50,52-53,55-67H2,1-3H3/b12-9-,21-18-,30-27-,32-29-,45-42-,54-51-. The van der Waals surface area contributed by atoms with E-state index in [2.05, 4.69) is 93.7 Å². The summed E-state index contributed by atoms with van der Waals surface area (Å²) in [5.74, 6) is -0.939. The monoisotopic (exact) mass is 1070 g/mol. The van der Waals surface area contributed by atoms with Crippen LogP contribution in [0.3, 0.4) is 0 Å². The van der Waals surface area contributed by atoms with Crippen molar-refractivity contribution in [2.24, 2.45) is 0 Å². The van der Waals surface area contributed by atoms with Crippen LogP contribution in [0, 0.1) is 0 Å². The largest absolute Gasteiger partial charge is 0.462 e. The number of esters is 3. The third-order valence-electron chi connectivity index (χ3n) is 14.7. The van der Waals surface area contributed by atoms with E-state index in [9.17, 15) is 14.4 Å². The van der Waals surface area contributed by atoms with Gasteiger partial charge < -0.3 is 14.2 Å². The third kappa shape index (κ3) is 63.6. The van der Waals surface area contributed by atoms with E-state index in [-0.39, 0.29) is 37.5 Å². The zero-order valence-corrected chi connectivity index (χ0v) is 51.2. The Bertz CT molecular complexity index is 1420. The Morgan fingerprint density at radius 2 is 0.519 bits per heavy atom. The fourth-order valence-electron chi connectivity index (χ4n) is 9.71. The maximum Gasteiger partial charge on any atom is 0.306 e. The van der Waals surface area contributed by atoms with E-state index < -0.39 is 6.10 Å². The molecular formula is C71H126O6. The van der Waals surface area contributed by atoms with Crippen molar-refractivity contribution in [2.45, 2.75) is 348 Å². The molecule has 0 aromatic carbocycles. The van der Waals surface area contributed by atoms with E-state index in [1.54, 1.807) is 0 Å². The molecule has 0 aliphatic heterocycles. The number of hydrogen-bond donors (Lipinski definition) is 0. The van der Waals surface area contributed by atoms with Crippen molar-refractivity contribution in [3.63, 3.8) is 0 Å². The molecule has 0 saturated carbocycles. The highest BCUT2D eigenvalue weighted by molar-refractivity contribution is 5.71. The van der Waals surface area contributed by atoms with Gasteiger partial charge in [0.05, 0.1) is 0 Å². The van der Waals surface area contributed by atoms with Crippen LogP contribution in [0.4, 0.5) is 0 Å². The van der Waals surface area contributed by atoms with Crippen molar-refractivity contribution in [2.75, 3.05) is 13.2 Å². The van der Waals surface area contributed by atoms with Gasteiger partial charge in [0.15, 0.2) is 6.10 Å². The summed E-state index contributed by atoms with van der Waals surface area (Å²) in [5.41, 5.74) is 0. The predicted molar refractivity (Wildman–Crippen MR) is 335 cm³/mol. The van der Waals surface area contributed by atoms with E-state index in [1.165, 1.54) is 218 Å². The molecule has 0 rings (SSSR count). The van der Waals surface area contributed by atoms with Gasteiger partial charge >= 0.3 is 17.9 Å². The zero-order valence-electron chi connectivity index (χ0n) is 51.2. The molecule has 0 fully saturated rings. The minimum Gasteiger partial charge on any atom is -0.462 e. The van der Waals surface area contributed by atoms with Crippen LogP contribution in [0.2, 0.25) is 0 Å². The van der Waals surface area contributed by atoms with Gasteiger partial charge in [-0.2, -0.15) is 0 Å². The molecule has 1 atom stereocenters. The Labute approximate surface area is 478 Å². The molecule has 6 nitrogen and oxygen atoms in total. The normalized spacial score (nSPS) is 12.5. The molecule has 0 aromatic rings. The van der Waals surface area contributed by atoms with Crippen molar-refractivity contribution in [1.82, 2.24) is 0 Å². The molecule has 6 heteroatoms. The topological polar surface area (TPSA) is 78.9 Å². The summed E-state index contributed by atoms with van der Waals surface area (Å²) >= 11 is 0. The van der Waals surface area contributed by atoms with Gasteiger partial charge in [-0.25, -0.2) is 0 Å². The lowest BCUT2D eigenvalue weighted by Crippen LogP contribution is -2.30. The molecule has 0 radical (unpaired) electrons. The number of unbranched alkanes of at least 4 members (excludes halogenated alkanes) is 38. The molecule has 0 aliphatic carbocycles. The molecule has 0 heterocycles. The van der Waals surface area contributed by atoms with Gasteiger partial charge in [-0.3, -0.25) is 14.4 Å². The fraction of sp³-hybridized carbons (Fsp3) is 0.789. The van der Waals surface area contributed by atoms with Gasteiger partial charge in [0, 0.05) is 19.3 Å². The Hall–Kier alpha value is -3.15. The first-order chi connectivity index (χ1) is 38.0. The molecule has 0 bridgehead atoms. The lowest BCUT2D eigenvalue weighted by molar-refractivity contribution is -0.167. The highest BCUT2D eigenvalue weighted by atomic mass is 16.6. The second-order valence-corrected chi connectivity index (χ2v) is 22.4. The predicted octanol–water partition coefficient (Wildman–Crippen LogP) is 22.9. The smallest absolute Gasteiger partial charge is 0.306 e. The minimum absolute atomic E-state index is 0.0917. The van der Waals surface area contributed by atoms with E-state index >= 15 is 0 Å². The molecule has 446 valence electrons. The number of ether oxygens (including phenoxy) is 3. The van der Waals surface area contributed by atoms with Gasteiger partial charge in [0.2, 0.25) is 0 Å². The minimum atomic E-state index is -0.801. The maximum absolute atomic E-state index is 12.9. The van der Waals surface area contributed by atoms with Crippen LogP contribution in [0.25, 0.3) is 0 Å². The maximum atomic E-state index is 12.9. The van der Waals surface area contributed by atoms with Gasteiger partial charge in [0.1, 0.15) is 13.2 Å². The van der Waals surface area contributed by atoms with Gasteiger partial charge in [-0.15, -0.1) is 0 Å². The van der Waals surface area contributed by atoms with Gasteiger partial charge in [-0.1, -0.05) is 312 Å².